The molecular weight excluding hydrogens is 413 g/mol. The summed E-state index contributed by atoms with van der Waals surface area (Å²) in [6, 6.07) is 18.3. The van der Waals surface area contributed by atoms with Gasteiger partial charge in [0.1, 0.15) is 5.60 Å². The first-order valence-corrected chi connectivity index (χ1v) is 12.1. The first kappa shape index (κ1) is 23.8. The molecule has 2 aromatic carbocycles. The number of ether oxygens (including phenoxy) is 1. The third-order valence-electron chi connectivity index (χ3n) is 7.64. The van der Waals surface area contributed by atoms with Crippen LogP contribution in [0.2, 0.25) is 0 Å². The van der Waals surface area contributed by atoms with Crippen molar-refractivity contribution in [1.82, 2.24) is 4.90 Å². The van der Waals surface area contributed by atoms with Crippen molar-refractivity contribution in [2.24, 2.45) is 0 Å². The van der Waals surface area contributed by atoms with Gasteiger partial charge in [-0.15, -0.1) is 0 Å². The molecular formula is C27H36BNO4. The van der Waals surface area contributed by atoms with Crippen LogP contribution in [0.3, 0.4) is 0 Å². The first-order chi connectivity index (χ1) is 15.6. The minimum absolute atomic E-state index is 0.0831. The number of nitrogens with zero attached hydrogens (tertiary/aromatic N) is 1. The molecule has 0 radical (unpaired) electrons. The topological polar surface area (TPSA) is 48.0 Å². The minimum atomic E-state index is -0.538. The van der Waals surface area contributed by atoms with Gasteiger partial charge in [-0.25, -0.2) is 4.79 Å². The second kappa shape index (κ2) is 8.81. The zero-order valence-corrected chi connectivity index (χ0v) is 20.8. The summed E-state index contributed by atoms with van der Waals surface area (Å²) in [7, 11) is -0.389. The molecule has 0 aliphatic carbocycles. The van der Waals surface area contributed by atoms with E-state index in [0.717, 1.165) is 35.9 Å². The summed E-state index contributed by atoms with van der Waals surface area (Å²) in [5.41, 5.74) is 1.85. The third kappa shape index (κ3) is 4.43. The highest BCUT2D eigenvalue weighted by molar-refractivity contribution is 6.62. The van der Waals surface area contributed by atoms with Crippen LogP contribution in [0.4, 0.5) is 4.79 Å². The van der Waals surface area contributed by atoms with Gasteiger partial charge in [0, 0.05) is 13.0 Å². The maximum atomic E-state index is 13.2. The summed E-state index contributed by atoms with van der Waals surface area (Å²) in [6.45, 7) is 13.1. The van der Waals surface area contributed by atoms with Gasteiger partial charge in [-0.3, -0.25) is 0 Å². The molecule has 2 aromatic rings. The van der Waals surface area contributed by atoms with Crippen molar-refractivity contribution in [3.8, 4) is 0 Å². The number of hydrogen-bond acceptors (Lipinski definition) is 4. The molecule has 0 aromatic heterocycles. The molecule has 0 N–H and O–H groups in total. The first-order valence-electron chi connectivity index (χ1n) is 12.1. The highest BCUT2D eigenvalue weighted by Crippen LogP contribution is 2.40. The van der Waals surface area contributed by atoms with Gasteiger partial charge in [0.05, 0.1) is 17.2 Å². The summed E-state index contributed by atoms with van der Waals surface area (Å²) in [5, 5.41) is 0. The van der Waals surface area contributed by atoms with Crippen molar-refractivity contribution in [1.29, 1.82) is 0 Å². The van der Waals surface area contributed by atoms with E-state index in [4.69, 9.17) is 14.0 Å². The summed E-state index contributed by atoms with van der Waals surface area (Å²) in [4.78, 5) is 15.0. The quantitative estimate of drug-likeness (QED) is 0.540. The molecule has 0 bridgehead atoms. The molecule has 33 heavy (non-hydrogen) atoms. The fraction of sp³-hybridized carbons (Fsp3) is 0.519. The van der Waals surface area contributed by atoms with E-state index in [-0.39, 0.29) is 30.5 Å². The highest BCUT2D eigenvalue weighted by Gasteiger charge is 2.51. The molecule has 2 aliphatic rings. The predicted octanol–water partition coefficient (Wildman–Crippen LogP) is 5.58. The predicted molar refractivity (Wildman–Crippen MR) is 131 cm³/mol. The molecule has 176 valence electrons. The molecule has 1 amide bonds. The lowest BCUT2D eigenvalue weighted by Gasteiger charge is -2.43. The third-order valence-corrected chi connectivity index (χ3v) is 7.64. The van der Waals surface area contributed by atoms with Crippen LogP contribution in [-0.4, -0.2) is 35.9 Å². The van der Waals surface area contributed by atoms with Crippen LogP contribution in [0.5, 0.6) is 0 Å². The Morgan fingerprint density at radius 3 is 2.12 bits per heavy atom. The number of hydrogen-bond donors (Lipinski definition) is 0. The van der Waals surface area contributed by atoms with Crippen molar-refractivity contribution in [2.75, 3.05) is 6.54 Å². The van der Waals surface area contributed by atoms with Crippen LogP contribution in [0.1, 0.15) is 78.0 Å². The second-order valence-electron chi connectivity index (χ2n) is 10.4. The van der Waals surface area contributed by atoms with Crippen molar-refractivity contribution in [2.45, 2.75) is 83.6 Å². The average Bonchev–Trinajstić information content (AvgIpc) is 3.01. The zero-order chi connectivity index (χ0) is 23.9. The van der Waals surface area contributed by atoms with Gasteiger partial charge in [-0.1, -0.05) is 67.9 Å². The SMILES string of the molecule is CCC[C@]1(c2ccccc2)CCN([C@@H](C)c2ccc(B3OC(C)(C)C(C)(C)O3)cc2)C(=O)O1. The minimum Gasteiger partial charge on any atom is -0.438 e. The summed E-state index contributed by atoms with van der Waals surface area (Å²) < 4.78 is 18.5. The van der Waals surface area contributed by atoms with Crippen molar-refractivity contribution < 1.29 is 18.8 Å². The summed E-state index contributed by atoms with van der Waals surface area (Å²) >= 11 is 0. The highest BCUT2D eigenvalue weighted by atomic mass is 16.7. The van der Waals surface area contributed by atoms with E-state index in [0.29, 0.717) is 6.54 Å². The molecule has 5 nitrogen and oxygen atoms in total. The van der Waals surface area contributed by atoms with Crippen molar-refractivity contribution in [3.05, 3.63) is 65.7 Å². The fourth-order valence-electron chi connectivity index (χ4n) is 4.78. The number of rotatable bonds is 6. The Morgan fingerprint density at radius 2 is 1.58 bits per heavy atom. The van der Waals surface area contributed by atoms with Gasteiger partial charge < -0.3 is 18.9 Å². The molecule has 0 unspecified atom stereocenters. The van der Waals surface area contributed by atoms with E-state index in [2.05, 4.69) is 65.8 Å². The zero-order valence-electron chi connectivity index (χ0n) is 20.8. The number of carbonyl (C=O) groups excluding carboxylic acids is 1. The Kier molecular flexibility index (Phi) is 6.36. The van der Waals surface area contributed by atoms with Gasteiger partial charge in [0.15, 0.2) is 0 Å². The Labute approximate surface area is 198 Å². The van der Waals surface area contributed by atoms with E-state index in [9.17, 15) is 4.79 Å². The smallest absolute Gasteiger partial charge is 0.438 e. The van der Waals surface area contributed by atoms with E-state index in [1.807, 2.05) is 35.2 Å². The van der Waals surface area contributed by atoms with Crippen LogP contribution in [0.25, 0.3) is 0 Å². The summed E-state index contributed by atoms with van der Waals surface area (Å²) in [6.07, 6.45) is 2.32. The fourth-order valence-corrected chi connectivity index (χ4v) is 4.78. The standard InChI is InChI=1S/C27H36BNO4/c1-7-17-27(22-11-9-8-10-12-22)18-19-29(24(30)31-27)20(2)21-13-15-23(16-14-21)28-32-25(3,4)26(5,6)33-28/h8-16,20H,7,17-19H2,1-6H3/t20-,27+/m0/s1. The van der Waals surface area contributed by atoms with Crippen molar-refractivity contribution in [3.63, 3.8) is 0 Å². The van der Waals surface area contributed by atoms with Crippen molar-refractivity contribution >= 4 is 18.7 Å². The Balaban J connectivity index is 1.47. The number of carbonyl (C=O) groups is 1. The van der Waals surface area contributed by atoms with E-state index >= 15 is 0 Å². The van der Waals surface area contributed by atoms with E-state index < -0.39 is 5.60 Å². The van der Waals surface area contributed by atoms with Gasteiger partial charge in [0.2, 0.25) is 0 Å². The molecule has 0 saturated carbocycles. The largest absolute Gasteiger partial charge is 0.494 e. The lowest BCUT2D eigenvalue weighted by atomic mass is 9.78. The summed E-state index contributed by atoms with van der Waals surface area (Å²) in [5.74, 6) is 0. The van der Waals surface area contributed by atoms with Crippen LogP contribution in [0.15, 0.2) is 54.6 Å². The Bertz CT molecular complexity index is 959. The molecule has 2 saturated heterocycles. The Hall–Kier alpha value is -2.31. The van der Waals surface area contributed by atoms with E-state index in [1.165, 1.54) is 0 Å². The van der Waals surface area contributed by atoms with E-state index in [1.54, 1.807) is 0 Å². The van der Waals surface area contributed by atoms with Gasteiger partial charge >= 0.3 is 13.2 Å². The van der Waals surface area contributed by atoms with Gasteiger partial charge in [-0.05, 0) is 57.6 Å². The van der Waals surface area contributed by atoms with Gasteiger partial charge in [0.25, 0.3) is 0 Å². The lowest BCUT2D eigenvalue weighted by Crippen LogP contribution is -2.48. The number of amides is 1. The van der Waals surface area contributed by atoms with Crippen LogP contribution in [0, 0.1) is 0 Å². The van der Waals surface area contributed by atoms with Crippen LogP contribution in [-0.2, 0) is 19.6 Å². The molecule has 2 aliphatic heterocycles. The van der Waals surface area contributed by atoms with Crippen LogP contribution >= 0.6 is 0 Å². The Morgan fingerprint density at radius 1 is 0.970 bits per heavy atom. The van der Waals surface area contributed by atoms with Crippen LogP contribution < -0.4 is 5.46 Å². The monoisotopic (exact) mass is 449 g/mol. The molecule has 4 rings (SSSR count). The molecule has 2 atom stereocenters. The maximum Gasteiger partial charge on any atom is 0.494 e. The maximum absolute atomic E-state index is 13.2. The lowest BCUT2D eigenvalue weighted by molar-refractivity contribution is -0.0658. The number of benzene rings is 2. The molecule has 2 fully saturated rings. The molecule has 0 spiro atoms. The second-order valence-corrected chi connectivity index (χ2v) is 10.4. The normalized spacial score (nSPS) is 25.1. The average molecular weight is 449 g/mol. The number of cyclic esters (lactones) is 1. The molecule has 2 heterocycles. The molecule has 6 heteroatoms. The van der Waals surface area contributed by atoms with Gasteiger partial charge in [-0.2, -0.15) is 0 Å².